The molecule has 150 valence electrons. The summed E-state index contributed by atoms with van der Waals surface area (Å²) in [5, 5.41) is 9.71. The molecule has 1 aliphatic rings. The van der Waals surface area contributed by atoms with Crippen LogP contribution in [0.3, 0.4) is 0 Å². The average molecular weight is 395 g/mol. The van der Waals surface area contributed by atoms with Gasteiger partial charge in [-0.05, 0) is 61.1 Å². The SMILES string of the molecule is Cc1c(-c2ccc(CCC(=O)O)c3c2OCCC3)c(=O)n(C)c2ccc(F)cc12. The molecule has 1 aromatic heterocycles. The number of carboxylic acids is 1. The van der Waals surface area contributed by atoms with Gasteiger partial charge >= 0.3 is 5.97 Å². The van der Waals surface area contributed by atoms with Gasteiger partial charge in [-0.25, -0.2) is 4.39 Å². The van der Waals surface area contributed by atoms with Gasteiger partial charge in [-0.1, -0.05) is 12.1 Å². The van der Waals surface area contributed by atoms with Crippen LogP contribution in [0.15, 0.2) is 35.1 Å². The Kier molecular flexibility index (Phi) is 4.86. The Balaban J connectivity index is 1.97. The Hall–Kier alpha value is -3.15. The van der Waals surface area contributed by atoms with Crippen LogP contribution in [-0.4, -0.2) is 22.2 Å². The summed E-state index contributed by atoms with van der Waals surface area (Å²) in [6, 6.07) is 8.13. The lowest BCUT2D eigenvalue weighted by Crippen LogP contribution is -2.22. The van der Waals surface area contributed by atoms with Gasteiger partial charge in [0.2, 0.25) is 0 Å². The number of hydrogen-bond acceptors (Lipinski definition) is 3. The lowest BCUT2D eigenvalue weighted by atomic mass is 9.89. The van der Waals surface area contributed by atoms with Crippen LogP contribution < -0.4 is 10.3 Å². The maximum atomic E-state index is 13.9. The molecule has 5 nitrogen and oxygen atoms in total. The number of aryl methyl sites for hydroxylation is 3. The van der Waals surface area contributed by atoms with E-state index in [4.69, 9.17) is 9.84 Å². The Morgan fingerprint density at radius 2 is 2.07 bits per heavy atom. The molecule has 0 unspecified atom stereocenters. The highest BCUT2D eigenvalue weighted by atomic mass is 19.1. The summed E-state index contributed by atoms with van der Waals surface area (Å²) in [6.07, 6.45) is 2.08. The lowest BCUT2D eigenvalue weighted by Gasteiger charge is -2.24. The van der Waals surface area contributed by atoms with E-state index in [1.165, 1.54) is 16.7 Å². The van der Waals surface area contributed by atoms with Gasteiger partial charge in [0, 0.05) is 24.4 Å². The largest absolute Gasteiger partial charge is 0.493 e. The van der Waals surface area contributed by atoms with E-state index < -0.39 is 5.97 Å². The maximum Gasteiger partial charge on any atom is 0.303 e. The molecule has 0 aliphatic carbocycles. The standard InChI is InChI=1S/C23H22FNO4/c1-13-18-12-15(24)7-9-19(18)25(2)23(28)21(13)17-8-5-14(6-10-20(26)27)16-4-3-11-29-22(16)17/h5,7-9,12H,3-4,6,10-11H2,1-2H3,(H,26,27). The number of fused-ring (bicyclic) bond motifs is 2. The summed E-state index contributed by atoms with van der Waals surface area (Å²) >= 11 is 0. The van der Waals surface area contributed by atoms with Crippen LogP contribution >= 0.6 is 0 Å². The van der Waals surface area contributed by atoms with Crippen LogP contribution in [0.1, 0.15) is 29.5 Å². The third-order valence-corrected chi connectivity index (χ3v) is 5.67. The zero-order valence-corrected chi connectivity index (χ0v) is 16.4. The number of carboxylic acid groups (broad SMARTS) is 1. The number of nitrogens with zero attached hydrogens (tertiary/aromatic N) is 1. The fourth-order valence-electron chi connectivity index (χ4n) is 4.19. The smallest absolute Gasteiger partial charge is 0.303 e. The Morgan fingerprint density at radius 1 is 1.28 bits per heavy atom. The van der Waals surface area contributed by atoms with Gasteiger partial charge < -0.3 is 14.4 Å². The second-order valence-electron chi connectivity index (χ2n) is 7.45. The molecular weight excluding hydrogens is 373 g/mol. The van der Waals surface area contributed by atoms with Crippen molar-refractivity contribution in [1.82, 2.24) is 4.57 Å². The monoisotopic (exact) mass is 395 g/mol. The highest BCUT2D eigenvalue weighted by molar-refractivity contribution is 5.90. The molecule has 0 fully saturated rings. The normalized spacial score (nSPS) is 13.2. The van der Waals surface area contributed by atoms with E-state index in [1.54, 1.807) is 13.1 Å². The molecule has 29 heavy (non-hydrogen) atoms. The van der Waals surface area contributed by atoms with E-state index in [9.17, 15) is 14.0 Å². The number of rotatable bonds is 4. The van der Waals surface area contributed by atoms with Gasteiger partial charge in [0.1, 0.15) is 11.6 Å². The molecule has 0 spiro atoms. The van der Waals surface area contributed by atoms with Crippen molar-refractivity contribution in [2.24, 2.45) is 7.05 Å². The molecule has 0 saturated heterocycles. The van der Waals surface area contributed by atoms with Crippen molar-refractivity contribution in [3.05, 3.63) is 63.2 Å². The van der Waals surface area contributed by atoms with Crippen molar-refractivity contribution >= 4 is 16.9 Å². The summed E-state index contributed by atoms with van der Waals surface area (Å²) in [7, 11) is 1.68. The second kappa shape index (κ2) is 7.35. The quantitative estimate of drug-likeness (QED) is 0.725. The van der Waals surface area contributed by atoms with E-state index in [2.05, 4.69) is 0 Å². The van der Waals surface area contributed by atoms with Crippen LogP contribution in [0.5, 0.6) is 5.75 Å². The van der Waals surface area contributed by atoms with Crippen molar-refractivity contribution in [1.29, 1.82) is 0 Å². The number of pyridine rings is 1. The van der Waals surface area contributed by atoms with Crippen molar-refractivity contribution in [3.63, 3.8) is 0 Å². The van der Waals surface area contributed by atoms with Crippen LogP contribution in [0.2, 0.25) is 0 Å². The lowest BCUT2D eigenvalue weighted by molar-refractivity contribution is -0.136. The summed E-state index contributed by atoms with van der Waals surface area (Å²) < 4.78 is 21.4. The maximum absolute atomic E-state index is 13.9. The molecule has 0 bridgehead atoms. The zero-order valence-electron chi connectivity index (χ0n) is 16.4. The summed E-state index contributed by atoms with van der Waals surface area (Å²) in [5.41, 5.74) is 4.29. The van der Waals surface area contributed by atoms with Crippen LogP contribution in [0.25, 0.3) is 22.0 Å². The predicted octanol–water partition coefficient (Wildman–Crippen LogP) is 4.00. The molecule has 2 heterocycles. The van der Waals surface area contributed by atoms with E-state index >= 15 is 0 Å². The van der Waals surface area contributed by atoms with Gasteiger partial charge in [0.25, 0.3) is 5.56 Å². The van der Waals surface area contributed by atoms with Gasteiger partial charge in [-0.3, -0.25) is 9.59 Å². The van der Waals surface area contributed by atoms with E-state index in [0.29, 0.717) is 46.4 Å². The van der Waals surface area contributed by atoms with Crippen LogP contribution in [0, 0.1) is 12.7 Å². The number of halogens is 1. The number of aliphatic carboxylic acids is 1. The summed E-state index contributed by atoms with van der Waals surface area (Å²) in [6.45, 7) is 2.37. The highest BCUT2D eigenvalue weighted by Gasteiger charge is 2.24. The summed E-state index contributed by atoms with van der Waals surface area (Å²) in [5.74, 6) is -0.552. The van der Waals surface area contributed by atoms with E-state index in [-0.39, 0.29) is 17.8 Å². The molecule has 1 N–H and O–H groups in total. The Morgan fingerprint density at radius 3 is 2.83 bits per heavy atom. The number of ether oxygens (including phenoxy) is 1. The van der Waals surface area contributed by atoms with Crippen molar-refractivity contribution in [2.45, 2.75) is 32.6 Å². The molecule has 3 aromatic rings. The van der Waals surface area contributed by atoms with Crippen molar-refractivity contribution in [2.75, 3.05) is 6.61 Å². The van der Waals surface area contributed by atoms with Crippen molar-refractivity contribution in [3.8, 4) is 16.9 Å². The number of aromatic nitrogens is 1. The van der Waals surface area contributed by atoms with Crippen LogP contribution in [-0.2, 0) is 24.7 Å². The Labute approximate surface area is 167 Å². The fraction of sp³-hybridized carbons (Fsp3) is 0.304. The third-order valence-electron chi connectivity index (χ3n) is 5.67. The van der Waals surface area contributed by atoms with Gasteiger partial charge in [-0.2, -0.15) is 0 Å². The van der Waals surface area contributed by atoms with Gasteiger partial charge in [0.15, 0.2) is 0 Å². The Bertz CT molecular complexity index is 1200. The second-order valence-corrected chi connectivity index (χ2v) is 7.45. The fourth-order valence-corrected chi connectivity index (χ4v) is 4.19. The molecule has 4 rings (SSSR count). The number of benzene rings is 2. The van der Waals surface area contributed by atoms with Crippen molar-refractivity contribution < 1.29 is 19.0 Å². The number of carbonyl (C=O) groups is 1. The molecule has 2 aromatic carbocycles. The molecular formula is C23H22FNO4. The first-order valence-electron chi connectivity index (χ1n) is 9.67. The number of hydrogen-bond donors (Lipinski definition) is 1. The van der Waals surface area contributed by atoms with E-state index in [1.807, 2.05) is 19.1 Å². The molecule has 0 radical (unpaired) electrons. The third kappa shape index (κ3) is 3.28. The minimum Gasteiger partial charge on any atom is -0.493 e. The zero-order chi connectivity index (χ0) is 20.7. The molecule has 0 amide bonds. The first-order valence-corrected chi connectivity index (χ1v) is 9.67. The predicted molar refractivity (Wildman–Crippen MR) is 109 cm³/mol. The molecule has 0 atom stereocenters. The average Bonchev–Trinajstić information content (AvgIpc) is 2.71. The van der Waals surface area contributed by atoms with Crippen LogP contribution in [0.4, 0.5) is 4.39 Å². The molecule has 1 aliphatic heterocycles. The highest BCUT2D eigenvalue weighted by Crippen LogP contribution is 2.39. The molecule has 0 saturated carbocycles. The molecule has 6 heteroatoms. The first-order chi connectivity index (χ1) is 13.9. The summed E-state index contributed by atoms with van der Waals surface area (Å²) in [4.78, 5) is 24.2. The first kappa shape index (κ1) is 19.2. The minimum atomic E-state index is -0.846. The van der Waals surface area contributed by atoms with E-state index in [0.717, 1.165) is 24.0 Å². The van der Waals surface area contributed by atoms with Gasteiger partial charge in [-0.15, -0.1) is 0 Å². The topological polar surface area (TPSA) is 68.5 Å². The van der Waals surface area contributed by atoms with Gasteiger partial charge in [0.05, 0.1) is 17.7 Å². The minimum absolute atomic E-state index is 0.0435.